The molecule has 0 bridgehead atoms. The van der Waals surface area contributed by atoms with Gasteiger partial charge < -0.3 is 10.1 Å². The molecule has 3 aromatic carbocycles. The highest BCUT2D eigenvalue weighted by atomic mass is 32.2. The monoisotopic (exact) mass is 412 g/mol. The zero-order valence-corrected chi connectivity index (χ0v) is 17.0. The fourth-order valence-corrected chi connectivity index (χ4v) is 4.10. The van der Waals surface area contributed by atoms with E-state index in [-0.39, 0.29) is 11.7 Å². The number of nitrogens with one attached hydrogen (secondary N) is 2. The summed E-state index contributed by atoms with van der Waals surface area (Å²) in [7, 11) is -3.40. The van der Waals surface area contributed by atoms with Gasteiger partial charge in [0.25, 0.3) is 5.91 Å². The van der Waals surface area contributed by atoms with Crippen molar-refractivity contribution in [1.29, 1.82) is 0 Å². The molecule has 6 nitrogen and oxygen atoms in total. The van der Waals surface area contributed by atoms with Crippen LogP contribution in [0.1, 0.15) is 23.7 Å². The molecule has 3 rings (SSSR count). The Morgan fingerprint density at radius 2 is 1.76 bits per heavy atom. The predicted molar refractivity (Wildman–Crippen MR) is 116 cm³/mol. The fourth-order valence-electron chi connectivity index (χ4n) is 2.97. The fraction of sp³-hybridized carbons (Fsp3) is 0.227. The van der Waals surface area contributed by atoms with Gasteiger partial charge in [-0.15, -0.1) is 0 Å². The highest BCUT2D eigenvalue weighted by Gasteiger charge is 2.11. The third-order valence-electron chi connectivity index (χ3n) is 4.27. The molecule has 29 heavy (non-hydrogen) atoms. The molecule has 1 amide bonds. The molecule has 0 radical (unpaired) electrons. The number of rotatable bonds is 9. The Balaban J connectivity index is 1.55. The molecule has 0 atom stereocenters. The molecule has 0 heterocycles. The van der Waals surface area contributed by atoms with Gasteiger partial charge in [0.2, 0.25) is 10.0 Å². The van der Waals surface area contributed by atoms with Crippen molar-refractivity contribution in [3.63, 3.8) is 0 Å². The lowest BCUT2D eigenvalue weighted by atomic mass is 10.1. The minimum Gasteiger partial charge on any atom is -0.491 e. The van der Waals surface area contributed by atoms with Gasteiger partial charge >= 0.3 is 0 Å². The van der Waals surface area contributed by atoms with E-state index in [1.165, 1.54) is 6.07 Å². The zero-order chi connectivity index (χ0) is 20.7. The summed E-state index contributed by atoms with van der Waals surface area (Å²) in [6.07, 6.45) is 0.520. The molecule has 3 aromatic rings. The zero-order valence-electron chi connectivity index (χ0n) is 16.2. The van der Waals surface area contributed by atoms with Crippen molar-refractivity contribution in [3.8, 4) is 5.75 Å². The molecule has 0 spiro atoms. The maximum atomic E-state index is 12.4. The van der Waals surface area contributed by atoms with Gasteiger partial charge in [-0.25, -0.2) is 8.42 Å². The topological polar surface area (TPSA) is 84.5 Å². The van der Waals surface area contributed by atoms with Crippen LogP contribution in [0, 0.1) is 0 Å². The molecular weight excluding hydrogens is 388 g/mol. The van der Waals surface area contributed by atoms with Gasteiger partial charge in [-0.05, 0) is 36.1 Å². The Morgan fingerprint density at radius 1 is 1.00 bits per heavy atom. The van der Waals surface area contributed by atoms with Crippen LogP contribution in [0.25, 0.3) is 10.8 Å². The summed E-state index contributed by atoms with van der Waals surface area (Å²) in [5, 5.41) is 4.91. The van der Waals surface area contributed by atoms with Gasteiger partial charge in [-0.1, -0.05) is 49.4 Å². The normalized spacial score (nSPS) is 11.2. The van der Waals surface area contributed by atoms with E-state index >= 15 is 0 Å². The van der Waals surface area contributed by atoms with E-state index in [0.717, 1.165) is 16.5 Å². The Labute approximate surface area is 170 Å². The summed E-state index contributed by atoms with van der Waals surface area (Å²) in [5.41, 5.74) is 0.755. The van der Waals surface area contributed by atoms with E-state index in [1.807, 2.05) is 42.5 Å². The minimum atomic E-state index is -3.40. The van der Waals surface area contributed by atoms with E-state index < -0.39 is 10.0 Å². The molecule has 0 saturated carbocycles. The first-order valence-electron chi connectivity index (χ1n) is 9.48. The number of fused-ring (bicyclic) bond motifs is 1. The molecule has 0 aliphatic carbocycles. The van der Waals surface area contributed by atoms with Crippen LogP contribution < -0.4 is 14.8 Å². The molecule has 152 valence electrons. The van der Waals surface area contributed by atoms with Crippen molar-refractivity contribution in [2.45, 2.75) is 13.3 Å². The molecule has 7 heteroatoms. The first-order chi connectivity index (χ1) is 14.0. The Bertz CT molecular complexity index is 1090. The summed E-state index contributed by atoms with van der Waals surface area (Å²) < 4.78 is 32.1. The van der Waals surface area contributed by atoms with Crippen molar-refractivity contribution < 1.29 is 17.9 Å². The summed E-state index contributed by atoms with van der Waals surface area (Å²) in [6, 6.07) is 20.2. The molecule has 2 N–H and O–H groups in total. The van der Waals surface area contributed by atoms with E-state index in [9.17, 15) is 13.2 Å². The molecular formula is C22H24N2O4S. The van der Waals surface area contributed by atoms with Crippen molar-refractivity contribution >= 4 is 32.4 Å². The second kappa shape index (κ2) is 9.43. The average Bonchev–Trinajstić information content (AvgIpc) is 2.71. The molecule has 0 aliphatic heterocycles. The van der Waals surface area contributed by atoms with E-state index in [2.05, 4.69) is 10.0 Å². The van der Waals surface area contributed by atoms with Gasteiger partial charge in [0.15, 0.2) is 0 Å². The van der Waals surface area contributed by atoms with Crippen molar-refractivity contribution in [2.75, 3.05) is 23.6 Å². The van der Waals surface area contributed by atoms with Crippen molar-refractivity contribution in [3.05, 3.63) is 72.3 Å². The quantitative estimate of drug-likeness (QED) is 0.524. The third kappa shape index (κ3) is 5.71. The maximum absolute atomic E-state index is 12.4. The number of carbonyl (C=O) groups is 1. The van der Waals surface area contributed by atoms with Crippen LogP contribution in [0.3, 0.4) is 0 Å². The Hall–Kier alpha value is -3.06. The summed E-state index contributed by atoms with van der Waals surface area (Å²) >= 11 is 0. The highest BCUT2D eigenvalue weighted by Crippen LogP contribution is 2.24. The second-order valence-electron chi connectivity index (χ2n) is 6.58. The molecule has 0 fully saturated rings. The van der Waals surface area contributed by atoms with Crippen LogP contribution in [0.5, 0.6) is 5.75 Å². The van der Waals surface area contributed by atoms with Crippen LogP contribution in [0.2, 0.25) is 0 Å². The molecule has 0 aromatic heterocycles. The summed E-state index contributed by atoms with van der Waals surface area (Å²) in [5.74, 6) is 0.516. The molecule has 0 saturated heterocycles. The summed E-state index contributed by atoms with van der Waals surface area (Å²) in [6.45, 7) is 2.44. The van der Waals surface area contributed by atoms with Gasteiger partial charge in [-0.3, -0.25) is 9.52 Å². The SMILES string of the molecule is CCCS(=O)(=O)Nc1cccc(C(=O)NCCOc2cccc3ccccc23)c1. The number of sulfonamides is 1. The maximum Gasteiger partial charge on any atom is 0.251 e. The Kier molecular flexibility index (Phi) is 6.72. The van der Waals surface area contributed by atoms with Gasteiger partial charge in [0.05, 0.1) is 12.3 Å². The standard InChI is InChI=1S/C22H24N2O4S/c1-2-15-29(26,27)24-19-10-5-9-18(16-19)22(25)23-13-14-28-21-12-6-8-17-7-3-4-11-20(17)21/h3-12,16,24H,2,13-15H2,1H3,(H,23,25). The van der Waals surface area contributed by atoms with Crippen LogP contribution in [0.15, 0.2) is 66.7 Å². The van der Waals surface area contributed by atoms with E-state index in [1.54, 1.807) is 25.1 Å². The number of hydrogen-bond acceptors (Lipinski definition) is 4. The third-order valence-corrected chi connectivity index (χ3v) is 5.76. The van der Waals surface area contributed by atoms with Gasteiger partial charge in [-0.2, -0.15) is 0 Å². The molecule has 0 aliphatic rings. The predicted octanol–water partition coefficient (Wildman–Crippen LogP) is 3.80. The number of amides is 1. The van der Waals surface area contributed by atoms with Crippen LogP contribution in [-0.2, 0) is 10.0 Å². The van der Waals surface area contributed by atoms with Gasteiger partial charge in [0, 0.05) is 16.6 Å². The van der Waals surface area contributed by atoms with Crippen LogP contribution in [-0.4, -0.2) is 33.2 Å². The van der Waals surface area contributed by atoms with E-state index in [0.29, 0.717) is 30.8 Å². The number of benzene rings is 3. The van der Waals surface area contributed by atoms with Crippen LogP contribution >= 0.6 is 0 Å². The largest absolute Gasteiger partial charge is 0.491 e. The average molecular weight is 413 g/mol. The van der Waals surface area contributed by atoms with Gasteiger partial charge in [0.1, 0.15) is 12.4 Å². The van der Waals surface area contributed by atoms with Crippen molar-refractivity contribution in [1.82, 2.24) is 5.32 Å². The smallest absolute Gasteiger partial charge is 0.251 e. The first-order valence-corrected chi connectivity index (χ1v) is 11.1. The number of anilines is 1. The minimum absolute atomic E-state index is 0.0366. The lowest BCUT2D eigenvalue weighted by molar-refractivity contribution is 0.0947. The van der Waals surface area contributed by atoms with Crippen molar-refractivity contribution in [2.24, 2.45) is 0 Å². The first kappa shape index (κ1) is 20.7. The Morgan fingerprint density at radius 3 is 2.59 bits per heavy atom. The lowest BCUT2D eigenvalue weighted by Gasteiger charge is -2.11. The van der Waals surface area contributed by atoms with E-state index in [4.69, 9.17) is 4.74 Å². The second-order valence-corrected chi connectivity index (χ2v) is 8.43. The number of carbonyl (C=O) groups excluding carboxylic acids is 1. The lowest BCUT2D eigenvalue weighted by Crippen LogP contribution is -2.28. The number of ether oxygens (including phenoxy) is 1. The summed E-state index contributed by atoms with van der Waals surface area (Å²) in [4.78, 5) is 12.4. The van der Waals surface area contributed by atoms with Crippen LogP contribution in [0.4, 0.5) is 5.69 Å². The number of hydrogen-bond donors (Lipinski definition) is 2. The molecule has 0 unspecified atom stereocenters. The highest BCUT2D eigenvalue weighted by molar-refractivity contribution is 7.92.